The minimum absolute atomic E-state index is 0.617. The quantitative estimate of drug-likeness (QED) is 0.213. The molecule has 8 rings (SSSR count). The molecule has 0 bridgehead atoms. The molecule has 0 saturated carbocycles. The standard InChI is InChI=1S/C39H27N3O/c1-3-10-26(11-4-1)28-18-22-30(23-19-28)37-40-38(31-24-20-29(21-25-31)27-12-5-2-6-13-27)42-39(41-37)33-15-9-17-35-36(33)32-14-7-8-16-34(32)43-35/h1,3-5,7-25H,2,6H2. The van der Waals surface area contributed by atoms with Crippen LogP contribution in [0.1, 0.15) is 18.4 Å². The summed E-state index contributed by atoms with van der Waals surface area (Å²) in [5.74, 6) is 1.88. The molecule has 43 heavy (non-hydrogen) atoms. The summed E-state index contributed by atoms with van der Waals surface area (Å²) in [7, 11) is 0. The first-order valence-electron chi connectivity index (χ1n) is 14.6. The maximum absolute atomic E-state index is 6.19. The van der Waals surface area contributed by atoms with E-state index in [-0.39, 0.29) is 0 Å². The number of rotatable bonds is 5. The number of hydrogen-bond donors (Lipinski definition) is 0. The second kappa shape index (κ2) is 10.7. The smallest absolute Gasteiger partial charge is 0.164 e. The van der Waals surface area contributed by atoms with E-state index >= 15 is 0 Å². The van der Waals surface area contributed by atoms with E-state index in [0.29, 0.717) is 17.5 Å². The van der Waals surface area contributed by atoms with Gasteiger partial charge in [0.2, 0.25) is 0 Å². The monoisotopic (exact) mass is 553 g/mol. The summed E-state index contributed by atoms with van der Waals surface area (Å²) < 4.78 is 6.19. The van der Waals surface area contributed by atoms with Crippen LogP contribution in [0.15, 0.2) is 144 Å². The zero-order valence-corrected chi connectivity index (χ0v) is 23.4. The number of aromatic nitrogens is 3. The topological polar surface area (TPSA) is 51.8 Å². The fourth-order valence-corrected chi connectivity index (χ4v) is 5.80. The molecular weight excluding hydrogens is 526 g/mol. The van der Waals surface area contributed by atoms with Gasteiger partial charge in [-0.3, -0.25) is 0 Å². The maximum Gasteiger partial charge on any atom is 0.164 e. The summed E-state index contributed by atoms with van der Waals surface area (Å²) >= 11 is 0. The number of fused-ring (bicyclic) bond motifs is 3. The molecule has 1 aliphatic carbocycles. The highest BCUT2D eigenvalue weighted by atomic mass is 16.3. The Kier molecular flexibility index (Phi) is 6.23. The lowest BCUT2D eigenvalue weighted by molar-refractivity contribution is 0.669. The molecule has 4 heteroatoms. The van der Waals surface area contributed by atoms with Gasteiger partial charge in [0.25, 0.3) is 0 Å². The van der Waals surface area contributed by atoms with Crippen LogP contribution in [-0.4, -0.2) is 15.0 Å². The zero-order valence-electron chi connectivity index (χ0n) is 23.4. The highest BCUT2D eigenvalue weighted by molar-refractivity contribution is 6.11. The molecule has 2 aromatic heterocycles. The third kappa shape index (κ3) is 4.73. The lowest BCUT2D eigenvalue weighted by atomic mass is 9.98. The van der Waals surface area contributed by atoms with E-state index in [1.165, 1.54) is 16.7 Å². The Morgan fingerprint density at radius 1 is 0.465 bits per heavy atom. The molecule has 1 aliphatic rings. The van der Waals surface area contributed by atoms with Crippen molar-refractivity contribution in [1.29, 1.82) is 0 Å². The molecule has 0 spiro atoms. The van der Waals surface area contributed by atoms with Gasteiger partial charge < -0.3 is 4.42 Å². The minimum atomic E-state index is 0.617. The number of allylic oxidation sites excluding steroid dienone is 4. The lowest BCUT2D eigenvalue weighted by Crippen LogP contribution is -2.00. The highest BCUT2D eigenvalue weighted by Gasteiger charge is 2.18. The molecule has 7 aromatic rings. The first-order chi connectivity index (χ1) is 21.3. The van der Waals surface area contributed by atoms with Crippen LogP contribution in [0.3, 0.4) is 0 Å². The van der Waals surface area contributed by atoms with Crippen LogP contribution < -0.4 is 0 Å². The fourth-order valence-electron chi connectivity index (χ4n) is 5.80. The average Bonchev–Trinajstić information content (AvgIpc) is 3.48. The zero-order chi connectivity index (χ0) is 28.6. The van der Waals surface area contributed by atoms with Crippen molar-refractivity contribution in [3.63, 3.8) is 0 Å². The van der Waals surface area contributed by atoms with Gasteiger partial charge in [-0.2, -0.15) is 0 Å². The van der Waals surface area contributed by atoms with Gasteiger partial charge in [-0.15, -0.1) is 0 Å². The Labute approximate surface area is 249 Å². The predicted octanol–water partition coefficient (Wildman–Crippen LogP) is 10.2. The molecule has 0 saturated heterocycles. The van der Waals surface area contributed by atoms with E-state index in [4.69, 9.17) is 19.4 Å². The normalized spacial score (nSPS) is 13.0. The van der Waals surface area contributed by atoms with Crippen LogP contribution in [0, 0.1) is 0 Å². The second-order valence-electron chi connectivity index (χ2n) is 10.7. The van der Waals surface area contributed by atoms with E-state index in [2.05, 4.69) is 103 Å². The number of hydrogen-bond acceptors (Lipinski definition) is 4. The molecule has 0 amide bonds. The van der Waals surface area contributed by atoms with Gasteiger partial charge in [-0.1, -0.05) is 127 Å². The molecule has 0 atom stereocenters. The molecule has 4 nitrogen and oxygen atoms in total. The van der Waals surface area contributed by atoms with Crippen molar-refractivity contribution in [2.45, 2.75) is 12.8 Å². The first kappa shape index (κ1) is 25.1. The Hall–Kier alpha value is -5.61. The molecule has 0 fully saturated rings. The van der Waals surface area contributed by atoms with Crippen LogP contribution in [0.25, 0.3) is 72.8 Å². The molecule has 5 aromatic carbocycles. The maximum atomic E-state index is 6.19. The Bertz CT molecular complexity index is 2160. The van der Waals surface area contributed by atoms with Gasteiger partial charge in [0, 0.05) is 27.5 Å². The van der Waals surface area contributed by atoms with Crippen molar-refractivity contribution < 1.29 is 4.42 Å². The van der Waals surface area contributed by atoms with Gasteiger partial charge in [0.15, 0.2) is 17.5 Å². The van der Waals surface area contributed by atoms with Crippen molar-refractivity contribution in [3.05, 3.63) is 145 Å². The van der Waals surface area contributed by atoms with Crippen molar-refractivity contribution in [2.75, 3.05) is 0 Å². The third-order valence-corrected chi connectivity index (χ3v) is 8.00. The van der Waals surface area contributed by atoms with E-state index in [1.54, 1.807) is 0 Å². The second-order valence-corrected chi connectivity index (χ2v) is 10.7. The van der Waals surface area contributed by atoms with E-state index < -0.39 is 0 Å². The van der Waals surface area contributed by atoms with Crippen molar-refractivity contribution in [1.82, 2.24) is 15.0 Å². The summed E-state index contributed by atoms with van der Waals surface area (Å²) in [5.41, 5.74) is 9.23. The lowest BCUT2D eigenvalue weighted by Gasteiger charge is -2.11. The summed E-state index contributed by atoms with van der Waals surface area (Å²) in [4.78, 5) is 15.1. The third-order valence-electron chi connectivity index (χ3n) is 8.00. The highest BCUT2D eigenvalue weighted by Crippen LogP contribution is 2.36. The Morgan fingerprint density at radius 2 is 1.07 bits per heavy atom. The average molecular weight is 554 g/mol. The molecule has 204 valence electrons. The van der Waals surface area contributed by atoms with Gasteiger partial charge in [0.05, 0.1) is 0 Å². The minimum Gasteiger partial charge on any atom is -0.456 e. The summed E-state index contributed by atoms with van der Waals surface area (Å²) in [6.45, 7) is 0. The summed E-state index contributed by atoms with van der Waals surface area (Å²) in [5, 5.41) is 2.05. The van der Waals surface area contributed by atoms with Crippen LogP contribution in [0.4, 0.5) is 0 Å². The molecule has 0 aliphatic heterocycles. The van der Waals surface area contributed by atoms with Crippen molar-refractivity contribution in [3.8, 4) is 45.3 Å². The number of nitrogens with zero attached hydrogens (tertiary/aromatic N) is 3. The van der Waals surface area contributed by atoms with E-state index in [1.807, 2.05) is 36.4 Å². The van der Waals surface area contributed by atoms with Crippen molar-refractivity contribution >= 4 is 27.5 Å². The van der Waals surface area contributed by atoms with E-state index in [9.17, 15) is 0 Å². The molecule has 0 N–H and O–H groups in total. The largest absolute Gasteiger partial charge is 0.456 e. The number of furan rings is 1. The van der Waals surface area contributed by atoms with Crippen LogP contribution in [0.2, 0.25) is 0 Å². The first-order valence-corrected chi connectivity index (χ1v) is 14.6. The van der Waals surface area contributed by atoms with Crippen molar-refractivity contribution in [2.24, 2.45) is 0 Å². The molecule has 2 heterocycles. The summed E-state index contributed by atoms with van der Waals surface area (Å²) in [6, 6.07) is 41.5. The van der Waals surface area contributed by atoms with Gasteiger partial charge in [-0.05, 0) is 47.2 Å². The fraction of sp³-hybridized carbons (Fsp3) is 0.0513. The van der Waals surface area contributed by atoms with Gasteiger partial charge in [0.1, 0.15) is 11.2 Å². The molecule has 0 unspecified atom stereocenters. The Balaban J connectivity index is 1.28. The molecule has 0 radical (unpaired) electrons. The van der Waals surface area contributed by atoms with E-state index in [0.717, 1.165) is 57.0 Å². The number of para-hydroxylation sites is 1. The van der Waals surface area contributed by atoms with Crippen LogP contribution in [0.5, 0.6) is 0 Å². The van der Waals surface area contributed by atoms with Crippen LogP contribution >= 0.6 is 0 Å². The predicted molar refractivity (Wildman–Crippen MR) is 175 cm³/mol. The number of benzene rings is 5. The SMILES string of the molecule is C1=CC(c2ccc(-c3nc(-c4ccc(-c5ccccc5)cc4)nc(-c4cccc5oc6ccccc6c45)n3)cc2)=CCC1. The Morgan fingerprint density at radius 3 is 1.79 bits per heavy atom. The molecular formula is C39H27N3O. The van der Waals surface area contributed by atoms with Gasteiger partial charge in [-0.25, -0.2) is 15.0 Å². The van der Waals surface area contributed by atoms with Gasteiger partial charge >= 0.3 is 0 Å². The summed E-state index contributed by atoms with van der Waals surface area (Å²) in [6.07, 6.45) is 8.90. The van der Waals surface area contributed by atoms with Crippen LogP contribution in [-0.2, 0) is 0 Å².